The molecule has 2 fully saturated rings. The number of nitrogens with zero attached hydrogens (tertiary/aromatic N) is 3. The minimum absolute atomic E-state index is 0.0713. The first-order valence-corrected chi connectivity index (χ1v) is 14.3. The molecule has 3 aromatic rings. The number of hydrogen-bond donors (Lipinski definition) is 1. The summed E-state index contributed by atoms with van der Waals surface area (Å²) < 4.78 is 22.0. The fourth-order valence-electron chi connectivity index (χ4n) is 5.66. The Hall–Kier alpha value is -2.00. The van der Waals surface area contributed by atoms with Gasteiger partial charge in [0.05, 0.1) is 21.5 Å². The number of rotatable bonds is 9. The molecular formula is C26H26Cl3FN4O2S. The largest absolute Gasteiger partial charge is 0.483 e. The molecule has 1 aromatic heterocycles. The lowest BCUT2D eigenvalue weighted by atomic mass is 9.84. The highest BCUT2D eigenvalue weighted by molar-refractivity contribution is 7.99. The smallest absolute Gasteiger partial charge is 0.234 e. The van der Waals surface area contributed by atoms with Gasteiger partial charge in [0.2, 0.25) is 5.91 Å². The van der Waals surface area contributed by atoms with Crippen LogP contribution in [0.4, 0.5) is 10.1 Å². The zero-order valence-corrected chi connectivity index (χ0v) is 23.2. The predicted octanol–water partition coefficient (Wildman–Crippen LogP) is 7.68. The van der Waals surface area contributed by atoms with E-state index in [1.54, 1.807) is 18.2 Å². The number of fused-ring (bicyclic) bond motifs is 2. The van der Waals surface area contributed by atoms with Crippen LogP contribution in [0.5, 0.6) is 5.75 Å². The highest BCUT2D eigenvalue weighted by Crippen LogP contribution is 2.52. The molecule has 11 heteroatoms. The lowest BCUT2D eigenvalue weighted by molar-refractivity contribution is -0.113. The molecule has 0 spiro atoms. The molecule has 2 saturated carbocycles. The first-order chi connectivity index (χ1) is 17.8. The summed E-state index contributed by atoms with van der Waals surface area (Å²) in [5, 5.41) is 13.0. The number of anilines is 1. The second kappa shape index (κ2) is 11.4. The Morgan fingerprint density at radius 3 is 2.62 bits per heavy atom. The SMILES string of the molecule is C[C@H]([C@H]1C[C@H]2CC[C@H]1C2)n1c(COc2ccccc2F)nnc1SCC(=O)Nc1c(Cl)cc(Cl)cc1Cl. The number of thioether (sulfide) groups is 1. The van der Waals surface area contributed by atoms with Crippen LogP contribution in [0.2, 0.25) is 15.1 Å². The standard InChI is InChI=1S/C26H26Cl3FN4O2S/c1-14(18-9-15-6-7-16(18)8-15)34-23(12-36-22-5-3-2-4-21(22)30)32-33-26(34)37-13-24(35)31-25-19(28)10-17(27)11-20(25)29/h2-5,10-11,14-16,18H,6-9,12-13H2,1H3,(H,31,35)/t14-,15+,16+,18-/m1/s1. The van der Waals surface area contributed by atoms with E-state index < -0.39 is 5.82 Å². The fraction of sp³-hybridized carbons (Fsp3) is 0.423. The summed E-state index contributed by atoms with van der Waals surface area (Å²) in [5.74, 6) is 2.08. The topological polar surface area (TPSA) is 69.0 Å². The Kier molecular flexibility index (Phi) is 8.19. The van der Waals surface area contributed by atoms with E-state index >= 15 is 0 Å². The molecule has 2 aliphatic rings. The van der Waals surface area contributed by atoms with Crippen molar-refractivity contribution in [2.24, 2.45) is 17.8 Å². The van der Waals surface area contributed by atoms with Crippen molar-refractivity contribution in [3.8, 4) is 5.75 Å². The van der Waals surface area contributed by atoms with Crippen LogP contribution in [-0.2, 0) is 11.4 Å². The average Bonchev–Trinajstić information content (AvgIpc) is 3.60. The molecule has 5 rings (SSSR count). The van der Waals surface area contributed by atoms with Crippen molar-refractivity contribution in [1.82, 2.24) is 14.8 Å². The Morgan fingerprint density at radius 1 is 1.19 bits per heavy atom. The molecule has 196 valence electrons. The maximum absolute atomic E-state index is 14.1. The van der Waals surface area contributed by atoms with E-state index in [9.17, 15) is 9.18 Å². The fourth-order valence-corrected chi connectivity index (χ4v) is 7.41. The number of benzene rings is 2. The van der Waals surface area contributed by atoms with Crippen molar-refractivity contribution in [1.29, 1.82) is 0 Å². The summed E-state index contributed by atoms with van der Waals surface area (Å²) in [6.45, 7) is 2.25. The number of hydrogen-bond acceptors (Lipinski definition) is 5. The average molecular weight is 584 g/mol. The van der Waals surface area contributed by atoms with Crippen LogP contribution in [0.3, 0.4) is 0 Å². The second-order valence-corrected chi connectivity index (χ2v) is 11.8. The third kappa shape index (κ3) is 5.87. The molecule has 2 aliphatic carbocycles. The predicted molar refractivity (Wildman–Crippen MR) is 145 cm³/mol. The molecule has 0 saturated heterocycles. The van der Waals surface area contributed by atoms with Crippen molar-refractivity contribution >= 4 is 58.2 Å². The van der Waals surface area contributed by atoms with Gasteiger partial charge < -0.3 is 10.1 Å². The second-order valence-electron chi connectivity index (χ2n) is 9.65. The molecular weight excluding hydrogens is 558 g/mol. The van der Waals surface area contributed by atoms with Gasteiger partial charge in [-0.1, -0.05) is 65.1 Å². The van der Waals surface area contributed by atoms with Gasteiger partial charge in [-0.2, -0.15) is 0 Å². The number of carbonyl (C=O) groups excluding carboxylic acids is 1. The summed E-state index contributed by atoms with van der Waals surface area (Å²) in [6.07, 6.45) is 4.99. The van der Waals surface area contributed by atoms with Crippen LogP contribution < -0.4 is 10.1 Å². The van der Waals surface area contributed by atoms with Gasteiger partial charge in [-0.25, -0.2) is 4.39 Å². The van der Waals surface area contributed by atoms with Crippen LogP contribution in [0.1, 0.15) is 44.5 Å². The Bertz CT molecular complexity index is 1280. The van der Waals surface area contributed by atoms with E-state index in [0.29, 0.717) is 33.5 Å². The summed E-state index contributed by atoms with van der Waals surface area (Å²) in [4.78, 5) is 12.8. The van der Waals surface area contributed by atoms with Crippen LogP contribution in [0, 0.1) is 23.6 Å². The molecule has 0 aliphatic heterocycles. The molecule has 2 aromatic carbocycles. The number of nitrogens with one attached hydrogen (secondary N) is 1. The van der Waals surface area contributed by atoms with Gasteiger partial charge in [0.15, 0.2) is 22.5 Å². The summed E-state index contributed by atoms with van der Waals surface area (Å²) in [5.41, 5.74) is 0.314. The third-order valence-corrected chi connectivity index (χ3v) is 9.11. The van der Waals surface area contributed by atoms with Crippen molar-refractivity contribution in [2.75, 3.05) is 11.1 Å². The van der Waals surface area contributed by atoms with Crippen LogP contribution in [0.15, 0.2) is 41.6 Å². The van der Waals surface area contributed by atoms with E-state index in [4.69, 9.17) is 39.5 Å². The van der Waals surface area contributed by atoms with Crippen molar-refractivity contribution in [3.63, 3.8) is 0 Å². The minimum Gasteiger partial charge on any atom is -0.483 e. The molecule has 1 heterocycles. The lowest BCUT2D eigenvalue weighted by Crippen LogP contribution is -2.25. The normalized spacial score (nSPS) is 21.3. The number of halogens is 4. The van der Waals surface area contributed by atoms with Gasteiger partial charge in [-0.3, -0.25) is 9.36 Å². The number of amides is 1. The maximum Gasteiger partial charge on any atom is 0.234 e. The maximum atomic E-state index is 14.1. The van der Waals surface area contributed by atoms with E-state index in [-0.39, 0.29) is 40.1 Å². The van der Waals surface area contributed by atoms with E-state index in [2.05, 4.69) is 27.0 Å². The van der Waals surface area contributed by atoms with Crippen molar-refractivity contribution in [2.45, 2.75) is 50.4 Å². The first-order valence-electron chi connectivity index (χ1n) is 12.2. The van der Waals surface area contributed by atoms with E-state index in [0.717, 1.165) is 5.92 Å². The molecule has 1 amide bonds. The highest BCUT2D eigenvalue weighted by atomic mass is 35.5. The first kappa shape index (κ1) is 26.6. The van der Waals surface area contributed by atoms with Gasteiger partial charge >= 0.3 is 0 Å². The number of ether oxygens (including phenoxy) is 1. The molecule has 0 unspecified atom stereocenters. The zero-order valence-electron chi connectivity index (χ0n) is 20.1. The Labute approximate surface area is 234 Å². The summed E-state index contributed by atoms with van der Waals surface area (Å²) in [6, 6.07) is 9.45. The van der Waals surface area contributed by atoms with E-state index in [1.165, 1.54) is 55.6 Å². The Morgan fingerprint density at radius 2 is 1.95 bits per heavy atom. The van der Waals surface area contributed by atoms with Crippen molar-refractivity contribution < 1.29 is 13.9 Å². The summed E-state index contributed by atoms with van der Waals surface area (Å²) >= 11 is 19.7. The highest BCUT2D eigenvalue weighted by Gasteiger charge is 2.43. The molecule has 2 bridgehead atoms. The van der Waals surface area contributed by atoms with Crippen molar-refractivity contribution in [3.05, 3.63) is 63.1 Å². The molecule has 0 radical (unpaired) electrons. The quantitative estimate of drug-likeness (QED) is 0.262. The van der Waals surface area contributed by atoms with Crippen LogP contribution >= 0.6 is 46.6 Å². The molecule has 1 N–H and O–H groups in total. The van der Waals surface area contributed by atoms with Gasteiger partial charge in [0.1, 0.15) is 6.61 Å². The van der Waals surface area contributed by atoms with Gasteiger partial charge in [0.25, 0.3) is 0 Å². The number of para-hydroxylation sites is 1. The van der Waals surface area contributed by atoms with Crippen LogP contribution in [0.25, 0.3) is 0 Å². The lowest BCUT2D eigenvalue weighted by Gasteiger charge is -2.30. The van der Waals surface area contributed by atoms with Crippen LogP contribution in [-0.4, -0.2) is 26.4 Å². The summed E-state index contributed by atoms with van der Waals surface area (Å²) in [7, 11) is 0. The molecule has 6 nitrogen and oxygen atoms in total. The monoisotopic (exact) mass is 582 g/mol. The zero-order chi connectivity index (χ0) is 26.1. The van der Waals surface area contributed by atoms with E-state index in [1.807, 2.05) is 0 Å². The van der Waals surface area contributed by atoms with Gasteiger partial charge in [0, 0.05) is 11.1 Å². The van der Waals surface area contributed by atoms with Gasteiger partial charge in [-0.05, 0) is 68.2 Å². The molecule has 4 atom stereocenters. The van der Waals surface area contributed by atoms with Gasteiger partial charge in [-0.15, -0.1) is 10.2 Å². The number of aromatic nitrogens is 3. The third-order valence-electron chi connectivity index (χ3n) is 7.35. The molecule has 37 heavy (non-hydrogen) atoms. The Balaban J connectivity index is 1.33. The minimum atomic E-state index is -0.430. The number of carbonyl (C=O) groups is 1.